The van der Waals surface area contributed by atoms with E-state index in [9.17, 15) is 0 Å². The van der Waals surface area contributed by atoms with E-state index in [0.29, 0.717) is 0 Å². The molecule has 3 rings (SSSR count). The Morgan fingerprint density at radius 2 is 1.73 bits per heavy atom. The Labute approximate surface area is 136 Å². The zero-order valence-corrected chi connectivity index (χ0v) is 14.3. The number of imidazole rings is 1. The molecule has 0 fully saturated rings. The van der Waals surface area contributed by atoms with Crippen LogP contribution in [0.1, 0.15) is 32.0 Å². The van der Waals surface area contributed by atoms with Crippen molar-refractivity contribution in [1.82, 2.24) is 9.38 Å². The highest BCUT2D eigenvalue weighted by Crippen LogP contribution is 2.31. The van der Waals surface area contributed by atoms with Crippen LogP contribution in [0.2, 0.25) is 5.02 Å². The molecule has 0 N–H and O–H groups in total. The van der Waals surface area contributed by atoms with Crippen LogP contribution in [0.15, 0.2) is 42.6 Å². The molecule has 0 spiro atoms. The van der Waals surface area contributed by atoms with Gasteiger partial charge in [-0.2, -0.15) is 0 Å². The van der Waals surface area contributed by atoms with Gasteiger partial charge in [0.05, 0.1) is 16.4 Å². The average molecular weight is 313 g/mol. The summed E-state index contributed by atoms with van der Waals surface area (Å²) in [4.78, 5) is 4.84. The quantitative estimate of drug-likeness (QED) is 0.606. The normalized spacial score (nSPS) is 12.0. The van der Waals surface area contributed by atoms with Crippen molar-refractivity contribution in [1.29, 1.82) is 0 Å². The third-order valence-electron chi connectivity index (χ3n) is 3.70. The molecular formula is C19H21ClN2. The van der Waals surface area contributed by atoms with Gasteiger partial charge < -0.3 is 4.40 Å². The summed E-state index contributed by atoms with van der Waals surface area (Å²) < 4.78 is 2.13. The van der Waals surface area contributed by atoms with Crippen LogP contribution in [-0.4, -0.2) is 9.38 Å². The molecule has 0 amide bonds. The lowest BCUT2D eigenvalue weighted by Crippen LogP contribution is -2.11. The maximum atomic E-state index is 6.19. The lowest BCUT2D eigenvalue weighted by atomic mass is 9.89. The third-order valence-corrected chi connectivity index (χ3v) is 3.93. The maximum absolute atomic E-state index is 6.19. The van der Waals surface area contributed by atoms with E-state index in [-0.39, 0.29) is 5.41 Å². The number of hydrogen-bond donors (Lipinski definition) is 0. The minimum Gasteiger partial charge on any atom is -0.302 e. The van der Waals surface area contributed by atoms with Crippen LogP contribution in [0.4, 0.5) is 0 Å². The summed E-state index contributed by atoms with van der Waals surface area (Å²) in [6, 6.07) is 12.4. The van der Waals surface area contributed by atoms with Gasteiger partial charge in [-0.3, -0.25) is 0 Å². The van der Waals surface area contributed by atoms with Crippen LogP contribution in [0.25, 0.3) is 16.9 Å². The molecule has 2 nitrogen and oxygen atoms in total. The van der Waals surface area contributed by atoms with Gasteiger partial charge in [-0.1, -0.05) is 62.2 Å². The van der Waals surface area contributed by atoms with Crippen LogP contribution in [0, 0.1) is 12.3 Å². The summed E-state index contributed by atoms with van der Waals surface area (Å²) in [7, 11) is 0. The topological polar surface area (TPSA) is 17.3 Å². The number of fused-ring (bicyclic) bond motifs is 1. The number of benzene rings is 1. The van der Waals surface area contributed by atoms with Crippen LogP contribution < -0.4 is 0 Å². The van der Waals surface area contributed by atoms with E-state index in [1.54, 1.807) is 0 Å². The van der Waals surface area contributed by atoms with Gasteiger partial charge in [0.15, 0.2) is 0 Å². The molecule has 0 aliphatic carbocycles. The first kappa shape index (κ1) is 15.1. The fourth-order valence-electron chi connectivity index (χ4n) is 2.68. The fraction of sp³-hybridized carbons (Fsp3) is 0.316. The molecule has 0 unspecified atom stereocenters. The molecule has 2 aromatic heterocycles. The van der Waals surface area contributed by atoms with Crippen molar-refractivity contribution in [3.05, 3.63) is 58.9 Å². The molecule has 1 aromatic carbocycles. The van der Waals surface area contributed by atoms with Crippen LogP contribution in [0.3, 0.4) is 0 Å². The zero-order chi connectivity index (χ0) is 15.9. The molecule has 3 aromatic rings. The SMILES string of the molecule is Cc1ccc(-c2nc3ccc(Cl)cn3c2CC(C)(C)C)cc1. The largest absolute Gasteiger partial charge is 0.302 e. The summed E-state index contributed by atoms with van der Waals surface area (Å²) >= 11 is 6.19. The Kier molecular flexibility index (Phi) is 3.73. The predicted molar refractivity (Wildman–Crippen MR) is 93.5 cm³/mol. The second-order valence-corrected chi connectivity index (χ2v) is 7.52. The molecule has 0 saturated carbocycles. The fourth-order valence-corrected chi connectivity index (χ4v) is 2.84. The van der Waals surface area contributed by atoms with Crippen molar-refractivity contribution in [2.45, 2.75) is 34.1 Å². The van der Waals surface area contributed by atoms with Gasteiger partial charge in [-0.25, -0.2) is 4.98 Å². The highest BCUT2D eigenvalue weighted by atomic mass is 35.5. The molecule has 0 aliphatic heterocycles. The van der Waals surface area contributed by atoms with E-state index in [4.69, 9.17) is 16.6 Å². The number of aromatic nitrogens is 2. The Balaban J connectivity index is 2.23. The molecule has 3 heteroatoms. The summed E-state index contributed by atoms with van der Waals surface area (Å²) in [5, 5.41) is 0.732. The average Bonchev–Trinajstić information content (AvgIpc) is 2.76. The van der Waals surface area contributed by atoms with Crippen molar-refractivity contribution < 1.29 is 0 Å². The summed E-state index contributed by atoms with van der Waals surface area (Å²) in [5.41, 5.74) is 5.81. The molecule has 114 valence electrons. The Bertz CT molecular complexity index is 808. The highest BCUT2D eigenvalue weighted by molar-refractivity contribution is 6.30. The second kappa shape index (κ2) is 5.44. The minimum atomic E-state index is 0.178. The number of rotatable bonds is 2. The van der Waals surface area contributed by atoms with Gasteiger partial charge in [-0.15, -0.1) is 0 Å². The predicted octanol–water partition coefficient (Wildman–Crippen LogP) is 5.55. The van der Waals surface area contributed by atoms with Gasteiger partial charge in [0, 0.05) is 11.8 Å². The first-order valence-electron chi connectivity index (χ1n) is 7.57. The van der Waals surface area contributed by atoms with Crippen molar-refractivity contribution in [2.24, 2.45) is 5.41 Å². The summed E-state index contributed by atoms with van der Waals surface area (Å²) in [6.45, 7) is 8.84. The molecule has 0 bridgehead atoms. The van der Waals surface area contributed by atoms with Crippen LogP contribution in [0.5, 0.6) is 0 Å². The van der Waals surface area contributed by atoms with E-state index < -0.39 is 0 Å². The molecule has 2 heterocycles. The summed E-state index contributed by atoms with van der Waals surface area (Å²) in [5.74, 6) is 0. The number of nitrogens with zero attached hydrogens (tertiary/aromatic N) is 2. The molecular weight excluding hydrogens is 292 g/mol. The molecule has 22 heavy (non-hydrogen) atoms. The Morgan fingerprint density at radius 1 is 1.05 bits per heavy atom. The maximum Gasteiger partial charge on any atom is 0.137 e. The van der Waals surface area contributed by atoms with Gasteiger partial charge in [-0.05, 0) is 30.9 Å². The van der Waals surface area contributed by atoms with Crippen LogP contribution >= 0.6 is 11.6 Å². The lowest BCUT2D eigenvalue weighted by molar-refractivity contribution is 0.405. The Morgan fingerprint density at radius 3 is 2.36 bits per heavy atom. The van der Waals surface area contributed by atoms with Crippen molar-refractivity contribution in [2.75, 3.05) is 0 Å². The van der Waals surface area contributed by atoms with Gasteiger partial charge >= 0.3 is 0 Å². The van der Waals surface area contributed by atoms with E-state index in [1.165, 1.54) is 11.3 Å². The van der Waals surface area contributed by atoms with Gasteiger partial charge in [0.1, 0.15) is 5.65 Å². The van der Waals surface area contributed by atoms with Crippen molar-refractivity contribution >= 4 is 17.2 Å². The van der Waals surface area contributed by atoms with E-state index in [1.807, 2.05) is 18.3 Å². The number of aryl methyl sites for hydroxylation is 1. The molecule has 0 aliphatic rings. The first-order chi connectivity index (χ1) is 10.3. The van der Waals surface area contributed by atoms with E-state index in [2.05, 4.69) is 56.4 Å². The van der Waals surface area contributed by atoms with Crippen molar-refractivity contribution in [3.8, 4) is 11.3 Å². The highest BCUT2D eigenvalue weighted by Gasteiger charge is 2.20. The number of halogens is 1. The Hall–Kier alpha value is -1.80. The lowest BCUT2D eigenvalue weighted by Gasteiger charge is -2.19. The second-order valence-electron chi connectivity index (χ2n) is 7.09. The first-order valence-corrected chi connectivity index (χ1v) is 7.95. The monoisotopic (exact) mass is 312 g/mol. The van der Waals surface area contributed by atoms with Crippen LogP contribution in [-0.2, 0) is 6.42 Å². The number of hydrogen-bond acceptors (Lipinski definition) is 1. The molecule has 0 radical (unpaired) electrons. The minimum absolute atomic E-state index is 0.178. The van der Waals surface area contributed by atoms with E-state index in [0.717, 1.165) is 28.3 Å². The molecule has 0 atom stereocenters. The van der Waals surface area contributed by atoms with Crippen molar-refractivity contribution in [3.63, 3.8) is 0 Å². The van der Waals surface area contributed by atoms with Gasteiger partial charge in [0.25, 0.3) is 0 Å². The van der Waals surface area contributed by atoms with E-state index >= 15 is 0 Å². The summed E-state index contributed by atoms with van der Waals surface area (Å²) in [6.07, 6.45) is 2.90. The smallest absolute Gasteiger partial charge is 0.137 e. The zero-order valence-electron chi connectivity index (χ0n) is 13.5. The molecule has 0 saturated heterocycles. The standard InChI is InChI=1S/C19H21ClN2/c1-13-5-7-14(8-6-13)18-16(11-19(2,3)4)22-12-15(20)9-10-17(22)21-18/h5-10,12H,11H2,1-4H3. The van der Waals surface area contributed by atoms with Gasteiger partial charge in [0.2, 0.25) is 0 Å². The number of pyridine rings is 1. The third kappa shape index (κ3) is 3.02.